The molecule has 0 saturated heterocycles. The van der Waals surface area contributed by atoms with Crippen molar-refractivity contribution in [2.24, 2.45) is 0 Å². The van der Waals surface area contributed by atoms with E-state index in [2.05, 4.69) is 0 Å². The van der Waals surface area contributed by atoms with Crippen LogP contribution in [-0.2, 0) is 11.3 Å². The van der Waals surface area contributed by atoms with Crippen LogP contribution in [0.3, 0.4) is 0 Å². The van der Waals surface area contributed by atoms with Gasteiger partial charge in [0.05, 0.1) is 21.3 Å². The van der Waals surface area contributed by atoms with Gasteiger partial charge in [0.1, 0.15) is 13.2 Å². The highest BCUT2D eigenvalue weighted by Gasteiger charge is 2.19. The number of fused-ring (bicyclic) bond motifs is 1. The summed E-state index contributed by atoms with van der Waals surface area (Å²) in [7, 11) is 4.66. The van der Waals surface area contributed by atoms with Crippen molar-refractivity contribution < 1.29 is 28.5 Å². The molecule has 0 bridgehead atoms. The molecular weight excluding hydrogens is 386 g/mol. The average molecular weight is 413 g/mol. The molecule has 0 aromatic heterocycles. The van der Waals surface area contributed by atoms with Crippen molar-refractivity contribution in [2.75, 3.05) is 41.1 Å². The molecule has 0 unspecified atom stereocenters. The number of benzene rings is 2. The highest BCUT2D eigenvalue weighted by molar-refractivity contribution is 5.92. The molecule has 2 aromatic rings. The molecule has 7 heteroatoms. The summed E-state index contributed by atoms with van der Waals surface area (Å²) in [6, 6.07) is 9.32. The summed E-state index contributed by atoms with van der Waals surface area (Å²) in [5.41, 5.74) is 1.69. The quantitative estimate of drug-likeness (QED) is 0.617. The zero-order chi connectivity index (χ0) is 21.5. The van der Waals surface area contributed by atoms with Crippen LogP contribution in [0.25, 0.3) is 6.08 Å². The summed E-state index contributed by atoms with van der Waals surface area (Å²) in [4.78, 5) is 14.6. The standard InChI is InChI=1S/C23H27NO6/c1-5-24(15-17-7-6-8-18-22(17)30-12-11-29-18)21(25)10-9-16-13-19(26-2)23(28-4)20(14-16)27-3/h6-10,13-14H,5,11-12,15H2,1-4H3/b10-9+. The summed E-state index contributed by atoms with van der Waals surface area (Å²) in [5, 5.41) is 0. The number of rotatable bonds is 8. The maximum absolute atomic E-state index is 12.8. The van der Waals surface area contributed by atoms with Gasteiger partial charge in [-0.3, -0.25) is 4.79 Å². The van der Waals surface area contributed by atoms with Gasteiger partial charge in [-0.15, -0.1) is 0 Å². The molecule has 3 rings (SSSR count). The van der Waals surface area contributed by atoms with E-state index in [0.717, 1.165) is 16.9 Å². The summed E-state index contributed by atoms with van der Waals surface area (Å²) in [6.07, 6.45) is 3.27. The largest absolute Gasteiger partial charge is 0.493 e. The Morgan fingerprint density at radius 1 is 1.07 bits per heavy atom. The Balaban J connectivity index is 1.78. The zero-order valence-electron chi connectivity index (χ0n) is 17.8. The molecule has 7 nitrogen and oxygen atoms in total. The third-order valence-electron chi connectivity index (χ3n) is 4.81. The van der Waals surface area contributed by atoms with Gasteiger partial charge >= 0.3 is 0 Å². The molecule has 0 atom stereocenters. The van der Waals surface area contributed by atoms with E-state index in [-0.39, 0.29) is 5.91 Å². The van der Waals surface area contributed by atoms with E-state index in [1.807, 2.05) is 25.1 Å². The lowest BCUT2D eigenvalue weighted by atomic mass is 10.1. The number of hydrogen-bond acceptors (Lipinski definition) is 6. The monoisotopic (exact) mass is 413 g/mol. The number of carbonyl (C=O) groups excluding carboxylic acids is 1. The molecule has 2 aromatic carbocycles. The fraction of sp³-hybridized carbons (Fsp3) is 0.348. The molecule has 1 aliphatic heterocycles. The molecule has 30 heavy (non-hydrogen) atoms. The number of hydrogen-bond donors (Lipinski definition) is 0. The smallest absolute Gasteiger partial charge is 0.246 e. The van der Waals surface area contributed by atoms with E-state index in [0.29, 0.717) is 49.3 Å². The van der Waals surface area contributed by atoms with Gasteiger partial charge in [-0.2, -0.15) is 0 Å². The third-order valence-corrected chi connectivity index (χ3v) is 4.81. The Morgan fingerprint density at radius 2 is 1.77 bits per heavy atom. The number of nitrogens with zero attached hydrogens (tertiary/aromatic N) is 1. The van der Waals surface area contributed by atoms with Gasteiger partial charge in [0, 0.05) is 24.7 Å². The summed E-state index contributed by atoms with van der Waals surface area (Å²) in [5.74, 6) is 2.89. The molecule has 0 aliphatic carbocycles. The van der Waals surface area contributed by atoms with Crippen LogP contribution < -0.4 is 23.7 Å². The number of ether oxygens (including phenoxy) is 5. The highest BCUT2D eigenvalue weighted by atomic mass is 16.6. The van der Waals surface area contributed by atoms with Crippen molar-refractivity contribution in [1.29, 1.82) is 0 Å². The Labute approximate surface area is 176 Å². The minimum absolute atomic E-state index is 0.111. The van der Waals surface area contributed by atoms with Gasteiger partial charge < -0.3 is 28.6 Å². The van der Waals surface area contributed by atoms with E-state index >= 15 is 0 Å². The van der Waals surface area contributed by atoms with Crippen LogP contribution in [-0.4, -0.2) is 51.9 Å². The molecule has 0 saturated carbocycles. The van der Waals surface area contributed by atoms with Gasteiger partial charge in [-0.05, 0) is 36.8 Å². The maximum atomic E-state index is 12.8. The maximum Gasteiger partial charge on any atom is 0.246 e. The lowest BCUT2D eigenvalue weighted by Crippen LogP contribution is -2.29. The van der Waals surface area contributed by atoms with Gasteiger partial charge in [0.25, 0.3) is 0 Å². The van der Waals surface area contributed by atoms with E-state index in [9.17, 15) is 4.79 Å². The van der Waals surface area contributed by atoms with Crippen LogP contribution in [0.2, 0.25) is 0 Å². The van der Waals surface area contributed by atoms with Crippen molar-refractivity contribution in [3.8, 4) is 28.7 Å². The van der Waals surface area contributed by atoms with Crippen molar-refractivity contribution in [1.82, 2.24) is 4.90 Å². The van der Waals surface area contributed by atoms with Crippen molar-refractivity contribution >= 4 is 12.0 Å². The molecule has 0 N–H and O–H groups in total. The van der Waals surface area contributed by atoms with E-state index < -0.39 is 0 Å². The zero-order valence-corrected chi connectivity index (χ0v) is 17.8. The number of para-hydroxylation sites is 1. The van der Waals surface area contributed by atoms with Crippen LogP contribution in [0.1, 0.15) is 18.1 Å². The summed E-state index contributed by atoms with van der Waals surface area (Å²) < 4.78 is 27.5. The fourth-order valence-corrected chi connectivity index (χ4v) is 3.28. The van der Waals surface area contributed by atoms with Gasteiger partial charge in [-0.25, -0.2) is 0 Å². The number of amides is 1. The van der Waals surface area contributed by atoms with Gasteiger partial charge in [0.2, 0.25) is 11.7 Å². The topological polar surface area (TPSA) is 66.5 Å². The third kappa shape index (κ3) is 4.62. The van der Waals surface area contributed by atoms with Crippen LogP contribution >= 0.6 is 0 Å². The minimum Gasteiger partial charge on any atom is -0.493 e. The number of likely N-dealkylation sites (N-methyl/N-ethyl adjacent to an activating group) is 1. The fourth-order valence-electron chi connectivity index (χ4n) is 3.28. The molecule has 1 amide bonds. The molecule has 0 fully saturated rings. The normalized spacial score (nSPS) is 12.5. The first-order valence-electron chi connectivity index (χ1n) is 9.75. The summed E-state index contributed by atoms with van der Waals surface area (Å²) >= 11 is 0. The second-order valence-electron chi connectivity index (χ2n) is 6.59. The van der Waals surface area contributed by atoms with Crippen molar-refractivity contribution in [3.05, 3.63) is 47.5 Å². The van der Waals surface area contributed by atoms with Crippen molar-refractivity contribution in [2.45, 2.75) is 13.5 Å². The SMILES string of the molecule is CCN(Cc1cccc2c1OCCO2)C(=O)/C=C/c1cc(OC)c(OC)c(OC)c1. The predicted molar refractivity (Wildman–Crippen MR) is 114 cm³/mol. The van der Waals surface area contributed by atoms with Crippen LogP contribution in [0.5, 0.6) is 28.7 Å². The lowest BCUT2D eigenvalue weighted by Gasteiger charge is -2.24. The van der Waals surface area contributed by atoms with E-state index in [4.69, 9.17) is 23.7 Å². The number of carbonyl (C=O) groups is 1. The second-order valence-corrected chi connectivity index (χ2v) is 6.59. The van der Waals surface area contributed by atoms with Crippen LogP contribution in [0.15, 0.2) is 36.4 Å². The lowest BCUT2D eigenvalue weighted by molar-refractivity contribution is -0.126. The van der Waals surface area contributed by atoms with Gasteiger partial charge in [-0.1, -0.05) is 12.1 Å². The van der Waals surface area contributed by atoms with Crippen LogP contribution in [0.4, 0.5) is 0 Å². The molecule has 160 valence electrons. The van der Waals surface area contributed by atoms with Gasteiger partial charge in [0.15, 0.2) is 23.0 Å². The minimum atomic E-state index is -0.111. The van der Waals surface area contributed by atoms with E-state index in [1.165, 1.54) is 6.08 Å². The Bertz CT molecular complexity index is 899. The number of methoxy groups -OCH3 is 3. The predicted octanol–water partition coefficient (Wildman–Crippen LogP) is 3.55. The Hall–Kier alpha value is -3.35. The van der Waals surface area contributed by atoms with Crippen molar-refractivity contribution in [3.63, 3.8) is 0 Å². The first-order valence-corrected chi connectivity index (χ1v) is 9.75. The average Bonchev–Trinajstić information content (AvgIpc) is 2.80. The molecule has 0 radical (unpaired) electrons. The molecular formula is C23H27NO6. The highest BCUT2D eigenvalue weighted by Crippen LogP contribution is 2.38. The first kappa shape index (κ1) is 21.4. The molecule has 0 spiro atoms. The Morgan fingerprint density at radius 3 is 2.40 bits per heavy atom. The molecule has 1 aliphatic rings. The van der Waals surface area contributed by atoms with Crippen LogP contribution in [0, 0.1) is 0 Å². The Kier molecular flexibility index (Phi) is 7.06. The van der Waals surface area contributed by atoms with E-state index in [1.54, 1.807) is 44.4 Å². The first-order chi connectivity index (χ1) is 14.6. The molecule has 1 heterocycles. The second kappa shape index (κ2) is 9.91. The summed E-state index contributed by atoms with van der Waals surface area (Å²) in [6.45, 7) is 3.97.